The third-order valence-electron chi connectivity index (χ3n) is 0. The maximum atomic E-state index is 4.23. The summed E-state index contributed by atoms with van der Waals surface area (Å²) in [5.41, 5.74) is 0. The van der Waals surface area contributed by atoms with Gasteiger partial charge >= 0.3 is 29.6 Å². The van der Waals surface area contributed by atoms with Crippen molar-refractivity contribution in [3.8, 4) is 0 Å². The Morgan fingerprint density at radius 3 is 1.75 bits per heavy atom. The third kappa shape index (κ3) is 9.07. The van der Waals surface area contributed by atoms with Crippen LogP contribution in [0.25, 0.3) is 0 Å². The van der Waals surface area contributed by atoms with Gasteiger partial charge in [-0.3, -0.25) is 0 Å². The zero-order valence-corrected chi connectivity index (χ0v) is 3.91. The number of hydrogen-bond acceptors (Lipinski definition) is 1. The van der Waals surface area contributed by atoms with Crippen molar-refractivity contribution in [1.29, 1.82) is 0 Å². The molecule has 0 aliphatic heterocycles. The van der Waals surface area contributed by atoms with Crippen molar-refractivity contribution >= 4 is 61.8 Å². The Hall–Kier alpha value is 1.92. The molecule has 22 valence electrons. The van der Waals surface area contributed by atoms with Gasteiger partial charge in [-0.15, -0.1) is 11.7 Å². The van der Waals surface area contributed by atoms with Gasteiger partial charge in [0.05, 0.1) is 0 Å². The summed E-state index contributed by atoms with van der Waals surface area (Å²) >= 11 is 7.81. The summed E-state index contributed by atoms with van der Waals surface area (Å²) in [5.74, 6) is 0. The van der Waals surface area contributed by atoms with Gasteiger partial charge < -0.3 is 0 Å². The molecule has 0 N–H and O–H groups in total. The van der Waals surface area contributed by atoms with Crippen molar-refractivity contribution in [3.05, 3.63) is 0 Å². The Bertz CT molecular complexity index is 10.8. The predicted octanol–water partition coefficient (Wildman–Crippen LogP) is -0.540. The molecule has 4 heteroatoms. The molecule has 0 aromatic heterocycles. The monoisotopic (exact) mass is 122 g/mol. The maximum absolute atomic E-state index is 4.23. The molecule has 0 amide bonds. The van der Waals surface area contributed by atoms with Gasteiger partial charge in [0.1, 0.15) is 0 Å². The van der Waals surface area contributed by atoms with Gasteiger partial charge in [-0.05, 0) is 11.2 Å². The quantitative estimate of drug-likeness (QED) is 0.247. The van der Waals surface area contributed by atoms with Crippen molar-refractivity contribution in [2.75, 3.05) is 0 Å². The van der Waals surface area contributed by atoms with E-state index in [1.807, 2.05) is 0 Å². The molecule has 0 saturated heterocycles. The zero-order chi connectivity index (χ0) is 2.71. The first-order chi connectivity index (χ1) is 1.41. The third-order valence-corrected chi connectivity index (χ3v) is 0. The molecule has 0 unspecified atom stereocenters. The van der Waals surface area contributed by atoms with Crippen LogP contribution in [-0.2, 0) is 20.5 Å². The van der Waals surface area contributed by atoms with Crippen molar-refractivity contribution in [3.63, 3.8) is 0 Å². The van der Waals surface area contributed by atoms with Crippen LogP contribution in [0.4, 0.5) is 0 Å². The normalized spacial score (nSPS) is 4.25. The summed E-state index contributed by atoms with van der Waals surface area (Å²) in [7, 11) is 0.694. The van der Waals surface area contributed by atoms with Crippen LogP contribution in [0.1, 0.15) is 0 Å². The summed E-state index contributed by atoms with van der Waals surface area (Å²) in [6.45, 7) is 0. The van der Waals surface area contributed by atoms with Crippen LogP contribution >= 0.6 is 11.7 Å². The predicted molar refractivity (Wildman–Crippen MR) is 32.3 cm³/mol. The van der Waals surface area contributed by atoms with Crippen LogP contribution in [0, 0.1) is 0 Å². The fourth-order valence-electron chi connectivity index (χ4n) is 0. The van der Waals surface area contributed by atoms with Gasteiger partial charge in [-0.2, -0.15) is 0 Å². The van der Waals surface area contributed by atoms with E-state index in [2.05, 4.69) is 22.8 Å². The van der Waals surface area contributed by atoms with Gasteiger partial charge in [0, 0.05) is 0 Å². The first kappa shape index (κ1) is 9.33. The summed E-state index contributed by atoms with van der Waals surface area (Å²) in [6.07, 6.45) is 0. The summed E-state index contributed by atoms with van der Waals surface area (Å²) < 4.78 is 0. The molecule has 0 saturated carbocycles. The average molecular weight is 122 g/mol. The van der Waals surface area contributed by atoms with E-state index < -0.39 is 0 Å². The van der Waals surface area contributed by atoms with Crippen LogP contribution in [0.2, 0.25) is 0 Å². The van der Waals surface area contributed by atoms with Crippen LogP contribution in [0.5, 0.6) is 0 Å². The molecular weight excluding hydrogens is 119 g/mol. The van der Waals surface area contributed by atoms with E-state index in [1.54, 1.807) is 0 Å². The zero-order valence-electron chi connectivity index (χ0n) is 1.30. The van der Waals surface area contributed by atoms with Crippen molar-refractivity contribution in [2.45, 2.75) is 0 Å². The fraction of sp³-hybridized carbons (Fsp3) is 0. The van der Waals surface area contributed by atoms with Crippen LogP contribution in [-0.4, -0.2) is 29.6 Å². The molecule has 0 bridgehead atoms. The molecule has 0 aliphatic carbocycles. The van der Waals surface area contributed by atoms with E-state index in [9.17, 15) is 0 Å². The summed E-state index contributed by atoms with van der Waals surface area (Å²) in [5, 5.41) is 0. The topological polar surface area (TPSA) is 0 Å². The Balaban J connectivity index is 0. The standard InChI is InChI=1S/Na.H2S3.H/c;1-3-2;/h;3H,(H,1,2);. The van der Waals surface area contributed by atoms with E-state index >= 15 is 0 Å². The molecule has 0 aliphatic rings. The van der Waals surface area contributed by atoms with E-state index in [0.717, 1.165) is 0 Å². The first-order valence-electron chi connectivity index (χ1n) is 0.383. The van der Waals surface area contributed by atoms with Crippen molar-refractivity contribution in [1.82, 2.24) is 0 Å². The van der Waals surface area contributed by atoms with Crippen LogP contribution in [0.3, 0.4) is 0 Å². The van der Waals surface area contributed by atoms with Crippen molar-refractivity contribution in [2.24, 2.45) is 0 Å². The molecule has 0 atom stereocenters. The first-order valence-corrected chi connectivity index (χ1v) is 3.44. The molecular formula is H3NaS3. The Morgan fingerprint density at radius 2 is 1.75 bits per heavy atom. The van der Waals surface area contributed by atoms with E-state index in [0.29, 0.717) is 9.35 Å². The van der Waals surface area contributed by atoms with E-state index in [-0.39, 0.29) is 29.6 Å². The summed E-state index contributed by atoms with van der Waals surface area (Å²) in [4.78, 5) is 0. The van der Waals surface area contributed by atoms with Gasteiger partial charge in [0.2, 0.25) is 0 Å². The second kappa shape index (κ2) is 8.87. The molecule has 0 aromatic carbocycles. The Morgan fingerprint density at radius 1 is 1.75 bits per heavy atom. The number of rotatable bonds is 0. The van der Waals surface area contributed by atoms with E-state index in [1.165, 1.54) is 0 Å². The Labute approximate surface area is 61.1 Å². The molecule has 0 heterocycles. The molecule has 0 aromatic rings. The Kier molecular flexibility index (Phi) is 20.7. The van der Waals surface area contributed by atoms with E-state index in [4.69, 9.17) is 0 Å². The molecule has 0 rings (SSSR count). The average Bonchev–Trinajstić information content (AvgIpc) is 0.918. The SMILES string of the molecule is S=[SH]S.[NaH]. The van der Waals surface area contributed by atoms with Gasteiger partial charge in [-0.25, -0.2) is 0 Å². The molecule has 4 heavy (non-hydrogen) atoms. The van der Waals surface area contributed by atoms with Gasteiger partial charge in [0.15, 0.2) is 0 Å². The molecule has 0 nitrogen and oxygen atoms in total. The number of thiol groups is 2. The second-order valence-corrected chi connectivity index (χ2v) is 2.20. The fourth-order valence-corrected chi connectivity index (χ4v) is 0. The van der Waals surface area contributed by atoms with Crippen molar-refractivity contribution < 1.29 is 0 Å². The minimum absolute atomic E-state index is 0. The molecule has 0 fully saturated rings. The van der Waals surface area contributed by atoms with Gasteiger partial charge in [0.25, 0.3) is 0 Å². The summed E-state index contributed by atoms with van der Waals surface area (Å²) in [6, 6.07) is 0. The minimum atomic E-state index is 0. The van der Waals surface area contributed by atoms with Crippen LogP contribution < -0.4 is 0 Å². The second-order valence-electron chi connectivity index (χ2n) is 0.0816. The van der Waals surface area contributed by atoms with Gasteiger partial charge in [-0.1, -0.05) is 9.35 Å². The van der Waals surface area contributed by atoms with Crippen LogP contribution in [0.15, 0.2) is 0 Å². The number of hydrogen-bond donors (Lipinski definition) is 2. The molecule has 0 radical (unpaired) electrons. The molecule has 0 spiro atoms.